The molecule has 11 nitrogen and oxygen atoms in total. The molecule has 4 N–H and O–H groups in total. The minimum Gasteiger partial charge on any atom is -0.459 e. The van der Waals surface area contributed by atoms with Crippen LogP contribution in [0.4, 0.5) is 4.79 Å². The summed E-state index contributed by atoms with van der Waals surface area (Å²) in [6, 6.07) is 18.4. The molecule has 2 amide bonds. The van der Waals surface area contributed by atoms with Crippen molar-refractivity contribution in [3.8, 4) is 0 Å². The number of carbonyl (C=O) groups excluding carboxylic acids is 3. The summed E-state index contributed by atoms with van der Waals surface area (Å²) >= 11 is 0. The third-order valence-corrected chi connectivity index (χ3v) is 8.46. The van der Waals surface area contributed by atoms with Crippen LogP contribution in [0.2, 0.25) is 0 Å². The summed E-state index contributed by atoms with van der Waals surface area (Å²) in [5.41, 5.74) is 2.41. The van der Waals surface area contributed by atoms with Gasteiger partial charge < -0.3 is 24.9 Å². The van der Waals surface area contributed by atoms with Gasteiger partial charge in [-0.25, -0.2) is 22.7 Å². The van der Waals surface area contributed by atoms with E-state index in [1.165, 1.54) is 24.4 Å². The van der Waals surface area contributed by atoms with Crippen molar-refractivity contribution in [2.45, 2.75) is 24.2 Å². The molecule has 0 aliphatic heterocycles. The van der Waals surface area contributed by atoms with Gasteiger partial charge in [-0.2, -0.15) is 0 Å². The second-order valence-corrected chi connectivity index (χ2v) is 11.6. The summed E-state index contributed by atoms with van der Waals surface area (Å²) in [5, 5.41) is 11.6. The molecule has 1 aromatic heterocycles. The Balaban J connectivity index is 1.53. The lowest BCUT2D eigenvalue weighted by Crippen LogP contribution is -2.51. The van der Waals surface area contributed by atoms with Gasteiger partial charge in [-0.3, -0.25) is 4.79 Å². The third-order valence-electron chi connectivity index (χ3n) is 6.56. The third kappa shape index (κ3) is 7.53. The van der Waals surface area contributed by atoms with Gasteiger partial charge in [-0.15, -0.1) is 0 Å². The van der Waals surface area contributed by atoms with Crippen LogP contribution in [0.25, 0.3) is 5.57 Å². The first-order chi connectivity index (χ1) is 20.2. The van der Waals surface area contributed by atoms with E-state index in [0.717, 1.165) is 0 Å². The number of ether oxygens (including phenoxy) is 2. The summed E-state index contributed by atoms with van der Waals surface area (Å²) in [6.45, 7) is -0.440. The van der Waals surface area contributed by atoms with Crippen molar-refractivity contribution in [1.29, 1.82) is 0 Å². The van der Waals surface area contributed by atoms with E-state index in [4.69, 9.17) is 14.6 Å². The molecule has 12 heteroatoms. The summed E-state index contributed by atoms with van der Waals surface area (Å²) in [6.07, 6.45) is 5.25. The molecule has 0 fully saturated rings. The molecule has 0 radical (unpaired) electrons. The van der Waals surface area contributed by atoms with Crippen LogP contribution >= 0.6 is 0 Å². The number of rotatable bonds is 12. The highest BCUT2D eigenvalue weighted by Gasteiger charge is 2.46. The average Bonchev–Trinajstić information content (AvgIpc) is 3.55. The Bertz CT molecular complexity index is 1550. The molecule has 220 valence electrons. The first-order valence-corrected chi connectivity index (χ1v) is 14.6. The lowest BCUT2D eigenvalue weighted by atomic mass is 9.89. The quantitative estimate of drug-likeness (QED) is 0.184. The van der Waals surface area contributed by atoms with Gasteiger partial charge in [0.15, 0.2) is 0 Å². The molecule has 2 aromatic carbocycles. The summed E-state index contributed by atoms with van der Waals surface area (Å²) in [4.78, 5) is 40.2. The number of aliphatic hydroxyl groups excluding tert-OH is 1. The predicted octanol–water partition coefficient (Wildman–Crippen LogP) is 3.32. The van der Waals surface area contributed by atoms with Gasteiger partial charge in [-0.05, 0) is 47.4 Å². The van der Waals surface area contributed by atoms with E-state index in [0.29, 0.717) is 35.2 Å². The second-order valence-electron chi connectivity index (χ2n) is 9.53. The van der Waals surface area contributed by atoms with E-state index in [1.54, 1.807) is 66.7 Å². The molecule has 1 aliphatic rings. The number of benzene rings is 2. The SMILES string of the molecule is O=C(NS(=O)(=O)C1(COC(=O)c2ccc[nH]2)C=CC=C(c2ccc(C(=O)NCCCO)cc2)C1)OCc1ccccc1. The van der Waals surface area contributed by atoms with Gasteiger partial charge in [0.25, 0.3) is 15.9 Å². The van der Waals surface area contributed by atoms with Crippen LogP contribution in [-0.4, -0.2) is 61.0 Å². The van der Waals surface area contributed by atoms with E-state index < -0.39 is 33.4 Å². The molecule has 1 heterocycles. The Hall–Kier alpha value is -4.68. The number of esters is 1. The van der Waals surface area contributed by atoms with Gasteiger partial charge in [0, 0.05) is 31.3 Å². The van der Waals surface area contributed by atoms with Crippen molar-refractivity contribution in [3.05, 3.63) is 114 Å². The fraction of sp³-hybridized carbons (Fsp3) is 0.233. The number of hydrogen-bond acceptors (Lipinski definition) is 8. The number of aromatic nitrogens is 1. The molecular weight excluding hydrogens is 562 g/mol. The minimum atomic E-state index is -4.51. The van der Waals surface area contributed by atoms with Crippen LogP contribution in [0.5, 0.6) is 0 Å². The molecule has 1 atom stereocenters. The van der Waals surface area contributed by atoms with Crippen LogP contribution in [0.15, 0.2) is 91.2 Å². The fourth-order valence-electron chi connectivity index (χ4n) is 4.24. The molecule has 4 rings (SSSR count). The number of allylic oxidation sites excluding steroid dienone is 3. The highest BCUT2D eigenvalue weighted by atomic mass is 32.2. The molecule has 42 heavy (non-hydrogen) atoms. The monoisotopic (exact) mass is 593 g/mol. The Kier molecular flexibility index (Phi) is 9.94. The first kappa shape index (κ1) is 30.3. The predicted molar refractivity (Wildman–Crippen MR) is 155 cm³/mol. The van der Waals surface area contributed by atoms with E-state index in [9.17, 15) is 22.8 Å². The lowest BCUT2D eigenvalue weighted by molar-refractivity contribution is 0.0473. The molecule has 0 saturated carbocycles. The highest BCUT2D eigenvalue weighted by molar-refractivity contribution is 7.91. The van der Waals surface area contributed by atoms with E-state index in [-0.39, 0.29) is 31.2 Å². The van der Waals surface area contributed by atoms with E-state index in [1.807, 2.05) is 4.72 Å². The zero-order valence-electron chi connectivity index (χ0n) is 22.6. The zero-order chi connectivity index (χ0) is 30.0. The van der Waals surface area contributed by atoms with E-state index >= 15 is 0 Å². The fourth-order valence-corrected chi connectivity index (χ4v) is 5.54. The minimum absolute atomic E-state index is 0.0362. The number of hydrogen-bond donors (Lipinski definition) is 4. The van der Waals surface area contributed by atoms with Crippen LogP contribution in [-0.2, 0) is 26.1 Å². The normalized spacial score (nSPS) is 16.3. The maximum atomic E-state index is 13.7. The van der Waals surface area contributed by atoms with Gasteiger partial charge in [0.1, 0.15) is 23.7 Å². The smallest absolute Gasteiger partial charge is 0.421 e. The summed E-state index contributed by atoms with van der Waals surface area (Å²) in [7, 11) is -4.51. The zero-order valence-corrected chi connectivity index (χ0v) is 23.4. The summed E-state index contributed by atoms with van der Waals surface area (Å²) < 4.78 is 38.1. The van der Waals surface area contributed by atoms with Crippen molar-refractivity contribution < 1.29 is 37.4 Å². The van der Waals surface area contributed by atoms with Crippen molar-refractivity contribution in [3.63, 3.8) is 0 Å². The van der Waals surface area contributed by atoms with Crippen molar-refractivity contribution in [1.82, 2.24) is 15.0 Å². The lowest BCUT2D eigenvalue weighted by Gasteiger charge is -2.32. The number of aliphatic hydroxyl groups is 1. The molecule has 0 spiro atoms. The van der Waals surface area contributed by atoms with Gasteiger partial charge in [0.05, 0.1) is 0 Å². The molecular formula is C30H31N3O8S. The first-order valence-electron chi connectivity index (χ1n) is 13.1. The van der Waals surface area contributed by atoms with Crippen molar-refractivity contribution >= 4 is 33.6 Å². The number of carbonyl (C=O) groups is 3. The maximum Gasteiger partial charge on any atom is 0.421 e. The molecule has 0 bridgehead atoms. The van der Waals surface area contributed by atoms with Gasteiger partial charge >= 0.3 is 12.1 Å². The average molecular weight is 594 g/mol. The number of nitrogens with one attached hydrogen (secondary N) is 3. The second kappa shape index (κ2) is 13.8. The molecule has 1 aliphatic carbocycles. The standard InChI is InChI=1S/C30H31N3O8S/c34-18-6-17-32-27(35)24-13-11-23(12-14-24)25-9-4-15-30(19-25,21-41-28(36)26-10-5-16-31-26)42(38,39)33-29(37)40-20-22-7-2-1-3-8-22/h1-5,7-16,31,34H,6,17-21H2,(H,32,35)(H,33,37). The Morgan fingerprint density at radius 1 is 0.976 bits per heavy atom. The molecule has 0 saturated heterocycles. The van der Waals surface area contributed by atoms with Gasteiger partial charge in [-0.1, -0.05) is 60.7 Å². The molecule has 1 unspecified atom stereocenters. The Morgan fingerprint density at radius 3 is 2.43 bits per heavy atom. The van der Waals surface area contributed by atoms with Crippen LogP contribution in [0.1, 0.15) is 44.8 Å². The number of sulfonamides is 1. The van der Waals surface area contributed by atoms with Crippen LogP contribution in [0, 0.1) is 0 Å². The number of aromatic amines is 1. The highest BCUT2D eigenvalue weighted by Crippen LogP contribution is 2.36. The Morgan fingerprint density at radius 2 is 1.74 bits per heavy atom. The van der Waals surface area contributed by atoms with Gasteiger partial charge in [0.2, 0.25) is 0 Å². The summed E-state index contributed by atoms with van der Waals surface area (Å²) in [5.74, 6) is -1.07. The largest absolute Gasteiger partial charge is 0.459 e. The maximum absolute atomic E-state index is 13.7. The molecule has 3 aromatic rings. The Labute approximate surface area is 243 Å². The van der Waals surface area contributed by atoms with Crippen molar-refractivity contribution in [2.24, 2.45) is 0 Å². The van der Waals surface area contributed by atoms with E-state index in [2.05, 4.69) is 10.3 Å². The number of amides is 2. The number of H-pyrrole nitrogens is 1. The van der Waals surface area contributed by atoms with Crippen LogP contribution in [0.3, 0.4) is 0 Å². The topological polar surface area (TPSA) is 164 Å². The van der Waals surface area contributed by atoms with Crippen LogP contribution < -0.4 is 10.0 Å². The van der Waals surface area contributed by atoms with Crippen molar-refractivity contribution in [2.75, 3.05) is 19.8 Å².